The lowest BCUT2D eigenvalue weighted by Gasteiger charge is -2.25. The highest BCUT2D eigenvalue weighted by molar-refractivity contribution is 6.69. The second-order valence-corrected chi connectivity index (χ2v) is 8.52. The largest absolute Gasteiger partial charge is 0.481 e. The predicted octanol–water partition coefficient (Wildman–Crippen LogP) is 1.95. The molecule has 1 N–H and O–H groups in total. The van der Waals surface area contributed by atoms with E-state index < -0.39 is 20.2 Å². The maximum atomic E-state index is 10.6. The quantitative estimate of drug-likeness (QED) is 0.689. The highest BCUT2D eigenvalue weighted by Crippen LogP contribution is 2.13. The van der Waals surface area contributed by atoms with Crippen molar-refractivity contribution in [2.24, 2.45) is 5.92 Å². The second-order valence-electron chi connectivity index (χ2n) is 4.06. The van der Waals surface area contributed by atoms with Crippen molar-refractivity contribution in [3.05, 3.63) is 0 Å². The van der Waals surface area contributed by atoms with Gasteiger partial charge in [-0.25, -0.2) is 0 Å². The number of carboxylic acid groups (broad SMARTS) is 1. The van der Waals surface area contributed by atoms with Crippen molar-refractivity contribution in [2.45, 2.75) is 39.6 Å². The maximum Gasteiger partial charge on any atom is 0.308 e. The van der Waals surface area contributed by atoms with Crippen LogP contribution >= 0.6 is 0 Å². The first-order chi connectivity index (χ1) is 5.24. The van der Waals surface area contributed by atoms with Gasteiger partial charge >= 0.3 is 5.97 Å². The molecule has 0 aromatic rings. The summed E-state index contributed by atoms with van der Waals surface area (Å²) >= 11 is 0. The van der Waals surface area contributed by atoms with Gasteiger partial charge in [-0.2, -0.15) is 0 Å². The van der Waals surface area contributed by atoms with Crippen molar-refractivity contribution in [1.29, 1.82) is 0 Å². The Kier molecular flexibility index (Phi) is 3.93. The third-order valence-corrected chi connectivity index (χ3v) is 2.71. The molecule has 0 spiro atoms. The van der Waals surface area contributed by atoms with Crippen LogP contribution in [0.3, 0.4) is 0 Å². The molecule has 0 aromatic heterocycles. The van der Waals surface area contributed by atoms with Gasteiger partial charge in [-0.3, -0.25) is 4.79 Å². The smallest absolute Gasteiger partial charge is 0.308 e. The zero-order valence-corrected chi connectivity index (χ0v) is 9.42. The summed E-state index contributed by atoms with van der Waals surface area (Å²) in [5.74, 6) is -1.21. The summed E-state index contributed by atoms with van der Waals surface area (Å²) in [6.07, 6.45) is -0.186. The lowest BCUT2D eigenvalue weighted by atomic mass is 10.1. The van der Waals surface area contributed by atoms with Gasteiger partial charge in [-0.1, -0.05) is 0 Å². The van der Waals surface area contributed by atoms with E-state index in [2.05, 4.69) is 19.6 Å². The number of hydrogen-bond acceptors (Lipinski definition) is 2. The molecule has 0 bridgehead atoms. The lowest BCUT2D eigenvalue weighted by molar-refractivity contribution is -0.143. The molecule has 2 unspecified atom stereocenters. The van der Waals surface area contributed by atoms with Gasteiger partial charge in [0.2, 0.25) is 0 Å². The fraction of sp³-hybridized carbons (Fsp3) is 0.875. The SMILES string of the molecule is CC(O[Si](C)(C)C)C(C)C(=O)O. The topological polar surface area (TPSA) is 46.5 Å². The van der Waals surface area contributed by atoms with Crippen molar-refractivity contribution in [2.75, 3.05) is 0 Å². The van der Waals surface area contributed by atoms with Crippen LogP contribution in [0.4, 0.5) is 0 Å². The third kappa shape index (κ3) is 4.51. The lowest BCUT2D eigenvalue weighted by Crippen LogP contribution is -2.36. The van der Waals surface area contributed by atoms with Crippen LogP contribution in [0.25, 0.3) is 0 Å². The summed E-state index contributed by atoms with van der Waals surface area (Å²) in [6.45, 7) is 9.65. The zero-order chi connectivity index (χ0) is 9.94. The van der Waals surface area contributed by atoms with Crippen LogP contribution in [0.15, 0.2) is 0 Å². The maximum absolute atomic E-state index is 10.6. The molecule has 0 aliphatic rings. The first-order valence-corrected chi connectivity index (χ1v) is 7.55. The summed E-state index contributed by atoms with van der Waals surface area (Å²) in [5, 5.41) is 8.68. The molecule has 0 fully saturated rings. The first kappa shape index (κ1) is 11.6. The van der Waals surface area contributed by atoms with E-state index in [9.17, 15) is 4.79 Å². The minimum Gasteiger partial charge on any atom is -0.481 e. The molecule has 0 aliphatic heterocycles. The fourth-order valence-electron chi connectivity index (χ4n) is 0.861. The Balaban J connectivity index is 4.04. The van der Waals surface area contributed by atoms with E-state index in [1.165, 1.54) is 0 Å². The van der Waals surface area contributed by atoms with E-state index in [1.807, 2.05) is 6.92 Å². The molecular formula is C8H18O3Si. The van der Waals surface area contributed by atoms with Crippen LogP contribution in [-0.2, 0) is 9.22 Å². The van der Waals surface area contributed by atoms with Crippen molar-refractivity contribution in [3.63, 3.8) is 0 Å². The van der Waals surface area contributed by atoms with Gasteiger partial charge in [0.1, 0.15) is 0 Å². The van der Waals surface area contributed by atoms with E-state index in [1.54, 1.807) is 6.92 Å². The number of carbonyl (C=O) groups is 1. The normalized spacial score (nSPS) is 17.1. The zero-order valence-electron chi connectivity index (χ0n) is 8.42. The molecular weight excluding hydrogens is 172 g/mol. The first-order valence-electron chi connectivity index (χ1n) is 4.14. The molecule has 0 aliphatic carbocycles. The van der Waals surface area contributed by atoms with Gasteiger partial charge in [0, 0.05) is 0 Å². The molecule has 0 amide bonds. The van der Waals surface area contributed by atoms with Crippen molar-refractivity contribution < 1.29 is 14.3 Å². The summed E-state index contributed by atoms with van der Waals surface area (Å²) in [7, 11) is -1.59. The van der Waals surface area contributed by atoms with Gasteiger partial charge in [-0.15, -0.1) is 0 Å². The molecule has 12 heavy (non-hydrogen) atoms. The van der Waals surface area contributed by atoms with Crippen molar-refractivity contribution in [3.8, 4) is 0 Å². The average molecular weight is 190 g/mol. The van der Waals surface area contributed by atoms with Crippen LogP contribution in [0.1, 0.15) is 13.8 Å². The third-order valence-electron chi connectivity index (χ3n) is 1.63. The number of hydrogen-bond donors (Lipinski definition) is 1. The Morgan fingerprint density at radius 1 is 1.33 bits per heavy atom. The summed E-state index contributed by atoms with van der Waals surface area (Å²) in [6, 6.07) is 0. The van der Waals surface area contributed by atoms with E-state index in [0.717, 1.165) is 0 Å². The van der Waals surface area contributed by atoms with Gasteiger partial charge < -0.3 is 9.53 Å². The van der Waals surface area contributed by atoms with E-state index >= 15 is 0 Å². The van der Waals surface area contributed by atoms with Crippen LogP contribution in [0.2, 0.25) is 19.6 Å². The van der Waals surface area contributed by atoms with Crippen LogP contribution < -0.4 is 0 Å². The summed E-state index contributed by atoms with van der Waals surface area (Å²) in [4.78, 5) is 10.6. The minimum absolute atomic E-state index is 0.186. The van der Waals surface area contributed by atoms with E-state index in [0.29, 0.717) is 0 Å². The fourth-order valence-corrected chi connectivity index (χ4v) is 2.18. The molecule has 2 atom stereocenters. The van der Waals surface area contributed by atoms with Gasteiger partial charge in [0.25, 0.3) is 0 Å². The summed E-state index contributed by atoms with van der Waals surface area (Å²) in [5.41, 5.74) is 0. The molecule has 0 saturated carbocycles. The van der Waals surface area contributed by atoms with Gasteiger partial charge in [0.15, 0.2) is 8.32 Å². The van der Waals surface area contributed by atoms with Crippen LogP contribution in [0, 0.1) is 5.92 Å². The minimum atomic E-state index is -1.59. The molecule has 72 valence electrons. The Labute approximate surface area is 74.9 Å². The van der Waals surface area contributed by atoms with Crippen molar-refractivity contribution >= 4 is 14.3 Å². The Morgan fingerprint density at radius 2 is 1.75 bits per heavy atom. The van der Waals surface area contributed by atoms with Crippen LogP contribution in [-0.4, -0.2) is 25.5 Å². The monoisotopic (exact) mass is 190 g/mol. The van der Waals surface area contributed by atoms with Gasteiger partial charge in [0.05, 0.1) is 12.0 Å². The van der Waals surface area contributed by atoms with E-state index in [-0.39, 0.29) is 6.10 Å². The Morgan fingerprint density at radius 3 is 2.00 bits per heavy atom. The predicted molar refractivity (Wildman–Crippen MR) is 50.7 cm³/mol. The molecule has 0 radical (unpaired) electrons. The Hall–Kier alpha value is -0.353. The van der Waals surface area contributed by atoms with E-state index in [4.69, 9.17) is 9.53 Å². The summed E-state index contributed by atoms with van der Waals surface area (Å²) < 4.78 is 5.62. The standard InChI is InChI=1S/C8H18O3Si/c1-6(8(9)10)7(2)11-12(3,4)5/h6-7H,1-5H3,(H,9,10). The number of aliphatic carboxylic acids is 1. The number of carboxylic acids is 1. The Bertz CT molecular complexity index is 162. The molecule has 0 saturated heterocycles. The van der Waals surface area contributed by atoms with Crippen molar-refractivity contribution in [1.82, 2.24) is 0 Å². The molecule has 0 rings (SSSR count). The molecule has 4 heteroatoms. The highest BCUT2D eigenvalue weighted by atomic mass is 28.4. The molecule has 3 nitrogen and oxygen atoms in total. The molecule has 0 heterocycles. The highest BCUT2D eigenvalue weighted by Gasteiger charge is 2.25. The average Bonchev–Trinajstić information content (AvgIpc) is 1.82. The molecule has 0 aromatic carbocycles. The second kappa shape index (κ2) is 4.05. The number of rotatable bonds is 4. The van der Waals surface area contributed by atoms with Crippen LogP contribution in [0.5, 0.6) is 0 Å². The van der Waals surface area contributed by atoms with Gasteiger partial charge in [-0.05, 0) is 33.5 Å².